The second kappa shape index (κ2) is 6.07. The highest BCUT2D eigenvalue weighted by Crippen LogP contribution is 2.22. The molecule has 0 aliphatic carbocycles. The molecule has 0 saturated carbocycles. The molecule has 1 saturated heterocycles. The number of hydrogen-bond acceptors (Lipinski definition) is 4. The average Bonchev–Trinajstić information content (AvgIpc) is 2.37. The largest absolute Gasteiger partial charge is 0.341 e. The molecule has 0 spiro atoms. The number of benzene rings is 1. The van der Waals surface area contributed by atoms with Crippen molar-refractivity contribution in [1.82, 2.24) is 5.32 Å². The van der Waals surface area contributed by atoms with Crippen molar-refractivity contribution in [1.29, 1.82) is 0 Å². The zero-order chi connectivity index (χ0) is 15.6. The van der Waals surface area contributed by atoms with Gasteiger partial charge in [0.1, 0.15) is 0 Å². The van der Waals surface area contributed by atoms with Gasteiger partial charge in [-0.2, -0.15) is 8.78 Å². The van der Waals surface area contributed by atoms with Crippen LogP contribution in [0, 0.1) is 11.8 Å². The Bertz CT molecular complexity index is 613. The van der Waals surface area contributed by atoms with Gasteiger partial charge >= 0.3 is 5.76 Å². The SMILES string of the molecule is CC(C(=O)Nc1ccc(S(=O)(=O)C(F)F)cc1)C1CNC1. The van der Waals surface area contributed by atoms with Gasteiger partial charge in [-0.1, -0.05) is 6.92 Å². The van der Waals surface area contributed by atoms with E-state index in [9.17, 15) is 22.0 Å². The highest BCUT2D eigenvalue weighted by atomic mass is 32.2. The number of sulfone groups is 1. The maximum Gasteiger partial charge on any atom is 0.341 e. The molecular formula is C13H16F2N2O3S. The molecule has 1 aromatic rings. The fourth-order valence-electron chi connectivity index (χ4n) is 1.97. The highest BCUT2D eigenvalue weighted by molar-refractivity contribution is 7.91. The third-order valence-electron chi connectivity index (χ3n) is 3.62. The van der Waals surface area contributed by atoms with Crippen LogP contribution in [-0.4, -0.2) is 33.2 Å². The number of alkyl halides is 2. The Hall–Kier alpha value is -1.54. The molecule has 5 nitrogen and oxygen atoms in total. The molecule has 1 fully saturated rings. The maximum atomic E-state index is 12.4. The van der Waals surface area contributed by atoms with E-state index in [2.05, 4.69) is 10.6 Å². The van der Waals surface area contributed by atoms with E-state index in [0.717, 1.165) is 25.2 Å². The number of nitrogens with one attached hydrogen (secondary N) is 2. The summed E-state index contributed by atoms with van der Waals surface area (Å²) in [5.41, 5.74) is 0.382. The topological polar surface area (TPSA) is 75.3 Å². The van der Waals surface area contributed by atoms with Crippen LogP contribution in [0.5, 0.6) is 0 Å². The molecule has 1 atom stereocenters. The second-order valence-corrected chi connectivity index (χ2v) is 6.94. The Balaban J connectivity index is 2.04. The molecule has 116 valence electrons. The molecule has 2 rings (SSSR count). The predicted octanol–water partition coefficient (Wildman–Crippen LogP) is 1.48. The summed E-state index contributed by atoms with van der Waals surface area (Å²) in [5, 5.41) is 5.73. The minimum atomic E-state index is -4.60. The van der Waals surface area contributed by atoms with Gasteiger partial charge in [-0.25, -0.2) is 8.42 Å². The van der Waals surface area contributed by atoms with Gasteiger partial charge in [0.25, 0.3) is 0 Å². The van der Waals surface area contributed by atoms with E-state index in [1.807, 2.05) is 6.92 Å². The zero-order valence-electron chi connectivity index (χ0n) is 11.3. The first-order valence-electron chi connectivity index (χ1n) is 6.46. The lowest BCUT2D eigenvalue weighted by Gasteiger charge is -2.31. The van der Waals surface area contributed by atoms with E-state index in [1.165, 1.54) is 12.1 Å². The number of halogens is 2. The molecule has 21 heavy (non-hydrogen) atoms. The quantitative estimate of drug-likeness (QED) is 0.862. The van der Waals surface area contributed by atoms with Crippen molar-refractivity contribution in [3.63, 3.8) is 0 Å². The van der Waals surface area contributed by atoms with Crippen molar-refractivity contribution in [3.8, 4) is 0 Å². The molecule has 1 aromatic carbocycles. The second-order valence-electron chi connectivity index (χ2n) is 5.03. The minimum Gasteiger partial charge on any atom is -0.326 e. The van der Waals surface area contributed by atoms with E-state index >= 15 is 0 Å². The average molecular weight is 318 g/mol. The molecular weight excluding hydrogens is 302 g/mol. The Morgan fingerprint density at radius 3 is 2.29 bits per heavy atom. The summed E-state index contributed by atoms with van der Waals surface area (Å²) in [6, 6.07) is 4.73. The lowest BCUT2D eigenvalue weighted by atomic mass is 9.88. The van der Waals surface area contributed by atoms with Crippen LogP contribution < -0.4 is 10.6 Å². The molecule has 1 heterocycles. The molecule has 1 amide bonds. The number of amides is 1. The summed E-state index contributed by atoms with van der Waals surface area (Å²) in [6.07, 6.45) is 0. The lowest BCUT2D eigenvalue weighted by Crippen LogP contribution is -2.48. The predicted molar refractivity (Wildman–Crippen MR) is 73.8 cm³/mol. The summed E-state index contributed by atoms with van der Waals surface area (Å²) in [4.78, 5) is 11.5. The summed E-state index contributed by atoms with van der Waals surface area (Å²) >= 11 is 0. The van der Waals surface area contributed by atoms with Crippen molar-refractivity contribution in [2.24, 2.45) is 11.8 Å². The van der Waals surface area contributed by atoms with Crippen LogP contribution in [0.3, 0.4) is 0 Å². The van der Waals surface area contributed by atoms with Gasteiger partial charge in [-0.15, -0.1) is 0 Å². The van der Waals surface area contributed by atoms with Crippen molar-refractivity contribution in [2.75, 3.05) is 18.4 Å². The smallest absolute Gasteiger partial charge is 0.326 e. The van der Waals surface area contributed by atoms with Crippen molar-refractivity contribution >= 4 is 21.4 Å². The molecule has 1 unspecified atom stereocenters. The molecule has 0 aromatic heterocycles. The van der Waals surface area contributed by atoms with E-state index in [-0.39, 0.29) is 17.7 Å². The van der Waals surface area contributed by atoms with Gasteiger partial charge in [-0.3, -0.25) is 4.79 Å². The molecule has 2 N–H and O–H groups in total. The fraction of sp³-hybridized carbons (Fsp3) is 0.462. The van der Waals surface area contributed by atoms with Crippen LogP contribution in [0.4, 0.5) is 14.5 Å². The van der Waals surface area contributed by atoms with Crippen LogP contribution in [-0.2, 0) is 14.6 Å². The number of carbonyl (C=O) groups is 1. The number of hydrogen-bond donors (Lipinski definition) is 2. The Morgan fingerprint density at radius 1 is 1.29 bits per heavy atom. The number of carbonyl (C=O) groups excluding carboxylic acids is 1. The first kappa shape index (κ1) is 15.8. The first-order chi connectivity index (χ1) is 9.82. The van der Waals surface area contributed by atoms with Crippen LogP contribution in [0.25, 0.3) is 0 Å². The summed E-state index contributed by atoms with van der Waals surface area (Å²) in [5.74, 6) is -3.52. The van der Waals surface area contributed by atoms with Gasteiger partial charge < -0.3 is 10.6 Å². The standard InChI is InChI=1S/C13H16F2N2O3S/c1-8(9-6-16-7-9)12(18)17-10-2-4-11(5-3-10)21(19,20)13(14)15/h2-5,8-9,13,16H,6-7H2,1H3,(H,17,18). The third kappa shape index (κ3) is 3.38. The molecule has 0 radical (unpaired) electrons. The summed E-state index contributed by atoms with van der Waals surface area (Å²) in [6.45, 7) is 3.40. The van der Waals surface area contributed by atoms with E-state index in [4.69, 9.17) is 0 Å². The monoisotopic (exact) mass is 318 g/mol. The van der Waals surface area contributed by atoms with Crippen LogP contribution in [0.15, 0.2) is 29.2 Å². The van der Waals surface area contributed by atoms with Gasteiger partial charge in [0.15, 0.2) is 0 Å². The molecule has 0 bridgehead atoms. The van der Waals surface area contributed by atoms with Crippen molar-refractivity contribution in [2.45, 2.75) is 17.6 Å². The van der Waals surface area contributed by atoms with Gasteiger partial charge in [0, 0.05) is 11.6 Å². The molecule has 8 heteroatoms. The van der Waals surface area contributed by atoms with Gasteiger partial charge in [-0.05, 0) is 43.3 Å². The summed E-state index contributed by atoms with van der Waals surface area (Å²) < 4.78 is 47.3. The highest BCUT2D eigenvalue weighted by Gasteiger charge is 2.29. The minimum absolute atomic E-state index is 0.171. The number of anilines is 1. The van der Waals surface area contributed by atoms with Crippen molar-refractivity contribution in [3.05, 3.63) is 24.3 Å². The number of rotatable bonds is 5. The molecule has 1 aliphatic rings. The first-order valence-corrected chi connectivity index (χ1v) is 8.00. The maximum absolute atomic E-state index is 12.4. The van der Waals surface area contributed by atoms with Crippen LogP contribution >= 0.6 is 0 Å². The fourth-order valence-corrected chi connectivity index (χ4v) is 2.69. The van der Waals surface area contributed by atoms with Gasteiger partial charge in [0.2, 0.25) is 15.7 Å². The third-order valence-corrected chi connectivity index (χ3v) is 5.02. The lowest BCUT2D eigenvalue weighted by molar-refractivity contribution is -0.121. The zero-order valence-corrected chi connectivity index (χ0v) is 12.2. The summed E-state index contributed by atoms with van der Waals surface area (Å²) in [7, 11) is -4.60. The van der Waals surface area contributed by atoms with Crippen LogP contribution in [0.2, 0.25) is 0 Å². The Kier molecular flexibility index (Phi) is 4.58. The van der Waals surface area contributed by atoms with E-state index in [1.54, 1.807) is 0 Å². The van der Waals surface area contributed by atoms with Crippen LogP contribution in [0.1, 0.15) is 6.92 Å². The Labute approximate surface area is 121 Å². The Morgan fingerprint density at radius 2 is 1.86 bits per heavy atom. The van der Waals surface area contributed by atoms with E-state index < -0.39 is 20.5 Å². The van der Waals surface area contributed by atoms with E-state index in [0.29, 0.717) is 5.69 Å². The molecule has 1 aliphatic heterocycles. The van der Waals surface area contributed by atoms with Crippen molar-refractivity contribution < 1.29 is 22.0 Å². The van der Waals surface area contributed by atoms with Gasteiger partial charge in [0.05, 0.1) is 4.90 Å². The normalized spacial score (nSPS) is 17.3.